The van der Waals surface area contributed by atoms with Gasteiger partial charge < -0.3 is 9.40 Å². The van der Waals surface area contributed by atoms with Crippen molar-refractivity contribution in [3.05, 3.63) is 40.0 Å². The Morgan fingerprint density at radius 3 is 2.73 bits per heavy atom. The third-order valence-corrected chi connectivity index (χ3v) is 6.63. The molecule has 0 radical (unpaired) electrons. The number of rotatable bonds is 4. The van der Waals surface area contributed by atoms with Gasteiger partial charge in [-0.15, -0.1) is 11.3 Å². The number of aromatic nitrogens is 2. The first kappa shape index (κ1) is 17.4. The first-order valence-corrected chi connectivity index (χ1v) is 10.9. The lowest BCUT2D eigenvalue weighted by Crippen LogP contribution is -2.48. The minimum atomic E-state index is -3.15. The number of H-pyrrole nitrogens is 1. The van der Waals surface area contributed by atoms with E-state index in [4.69, 9.17) is 4.42 Å². The molecule has 0 bridgehead atoms. The third-order valence-electron chi connectivity index (χ3n) is 4.45. The van der Waals surface area contributed by atoms with E-state index in [0.29, 0.717) is 54.5 Å². The lowest BCUT2D eigenvalue weighted by molar-refractivity contribution is 0.178. The maximum atomic E-state index is 12.6. The van der Waals surface area contributed by atoms with Gasteiger partial charge in [0.15, 0.2) is 0 Å². The molecule has 26 heavy (non-hydrogen) atoms. The fourth-order valence-electron chi connectivity index (χ4n) is 3.11. The van der Waals surface area contributed by atoms with Crippen LogP contribution in [0.25, 0.3) is 21.5 Å². The molecule has 0 atom stereocenters. The monoisotopic (exact) mass is 394 g/mol. The van der Waals surface area contributed by atoms with Gasteiger partial charge in [-0.25, -0.2) is 13.4 Å². The van der Waals surface area contributed by atoms with E-state index in [1.165, 1.54) is 21.9 Å². The lowest BCUT2D eigenvalue weighted by Gasteiger charge is -2.32. The molecule has 3 aromatic heterocycles. The summed E-state index contributed by atoms with van der Waals surface area (Å²) in [4.78, 5) is 22.8. The predicted octanol–water partition coefficient (Wildman–Crippen LogP) is 1.32. The van der Waals surface area contributed by atoms with Crippen LogP contribution in [0.5, 0.6) is 0 Å². The summed E-state index contributed by atoms with van der Waals surface area (Å²) in [6.45, 7) is 2.60. The van der Waals surface area contributed by atoms with Crippen molar-refractivity contribution in [2.24, 2.45) is 0 Å². The molecule has 1 N–H and O–H groups in total. The van der Waals surface area contributed by atoms with Crippen molar-refractivity contribution in [1.29, 1.82) is 0 Å². The van der Waals surface area contributed by atoms with E-state index in [2.05, 4.69) is 14.9 Å². The number of hydrogen-bond donors (Lipinski definition) is 1. The first-order chi connectivity index (χ1) is 12.4. The largest absolute Gasteiger partial charge is 0.464 e. The van der Waals surface area contributed by atoms with Crippen molar-refractivity contribution in [3.63, 3.8) is 0 Å². The number of piperazine rings is 1. The molecule has 4 rings (SSSR count). The smallest absolute Gasteiger partial charge is 0.260 e. The van der Waals surface area contributed by atoms with E-state index in [9.17, 15) is 13.2 Å². The van der Waals surface area contributed by atoms with E-state index >= 15 is 0 Å². The molecule has 0 saturated carbocycles. The van der Waals surface area contributed by atoms with Gasteiger partial charge in [0.25, 0.3) is 5.56 Å². The van der Waals surface area contributed by atoms with Crippen molar-refractivity contribution in [1.82, 2.24) is 19.2 Å². The highest BCUT2D eigenvalue weighted by Gasteiger charge is 2.24. The number of nitrogens with zero attached hydrogens (tertiary/aromatic N) is 3. The van der Waals surface area contributed by atoms with E-state index in [0.717, 1.165) is 5.56 Å². The lowest BCUT2D eigenvalue weighted by atomic mass is 10.2. The van der Waals surface area contributed by atoms with Crippen LogP contribution in [0.4, 0.5) is 0 Å². The predicted molar refractivity (Wildman–Crippen MR) is 99.6 cm³/mol. The molecule has 3 aromatic rings. The number of aromatic amines is 1. The molecule has 0 aliphatic carbocycles. The maximum Gasteiger partial charge on any atom is 0.260 e. The van der Waals surface area contributed by atoms with Crippen molar-refractivity contribution in [2.75, 3.05) is 32.4 Å². The van der Waals surface area contributed by atoms with Gasteiger partial charge in [-0.05, 0) is 12.1 Å². The zero-order valence-corrected chi connectivity index (χ0v) is 15.8. The summed E-state index contributed by atoms with van der Waals surface area (Å²) in [6.07, 6.45) is 2.80. The number of nitrogens with one attached hydrogen (secondary N) is 1. The van der Waals surface area contributed by atoms with E-state index in [1.807, 2.05) is 11.4 Å². The Morgan fingerprint density at radius 2 is 2.08 bits per heavy atom. The molecule has 1 saturated heterocycles. The van der Waals surface area contributed by atoms with E-state index < -0.39 is 10.0 Å². The number of furan rings is 1. The molecule has 0 spiro atoms. The summed E-state index contributed by atoms with van der Waals surface area (Å²) in [5.74, 6) is 1.23. The van der Waals surface area contributed by atoms with Gasteiger partial charge >= 0.3 is 0 Å². The quantitative estimate of drug-likeness (QED) is 0.716. The van der Waals surface area contributed by atoms with E-state index in [-0.39, 0.29) is 5.56 Å². The zero-order chi connectivity index (χ0) is 18.3. The number of thiophene rings is 1. The second kappa shape index (κ2) is 6.62. The van der Waals surface area contributed by atoms with Crippen molar-refractivity contribution >= 4 is 31.6 Å². The van der Waals surface area contributed by atoms with Crippen LogP contribution >= 0.6 is 11.3 Å². The van der Waals surface area contributed by atoms with Gasteiger partial charge in [-0.2, -0.15) is 4.31 Å². The summed E-state index contributed by atoms with van der Waals surface area (Å²) in [5, 5.41) is 2.41. The topological polar surface area (TPSA) is 99.5 Å². The Morgan fingerprint density at radius 1 is 1.31 bits per heavy atom. The Bertz CT molecular complexity index is 1080. The Labute approximate surface area is 154 Å². The first-order valence-electron chi connectivity index (χ1n) is 8.13. The fourth-order valence-corrected chi connectivity index (χ4v) is 4.89. The van der Waals surface area contributed by atoms with E-state index in [1.54, 1.807) is 12.3 Å². The van der Waals surface area contributed by atoms with Crippen LogP contribution in [0, 0.1) is 0 Å². The van der Waals surface area contributed by atoms with Crippen LogP contribution in [0.1, 0.15) is 5.82 Å². The minimum Gasteiger partial charge on any atom is -0.464 e. The SMILES string of the molecule is CS(=O)(=O)N1CCN(Cc2nc3scc(-c4ccco4)c3c(=O)[nH]2)CC1. The molecule has 8 nitrogen and oxygen atoms in total. The van der Waals surface area contributed by atoms with Crippen LogP contribution in [0.15, 0.2) is 33.0 Å². The third kappa shape index (κ3) is 3.32. The molecule has 1 aliphatic heterocycles. The minimum absolute atomic E-state index is 0.188. The molecule has 1 fully saturated rings. The normalized spacial score (nSPS) is 17.1. The zero-order valence-electron chi connectivity index (χ0n) is 14.1. The molecule has 0 amide bonds. The molecular formula is C16H18N4O4S2. The highest BCUT2D eigenvalue weighted by atomic mass is 32.2. The van der Waals surface area contributed by atoms with Crippen molar-refractivity contribution in [3.8, 4) is 11.3 Å². The average Bonchev–Trinajstić information content (AvgIpc) is 3.23. The molecule has 138 valence electrons. The van der Waals surface area contributed by atoms with Crippen LogP contribution in [-0.4, -0.2) is 60.0 Å². The van der Waals surface area contributed by atoms with Crippen LogP contribution in [-0.2, 0) is 16.6 Å². The Hall–Kier alpha value is -2.01. The Balaban J connectivity index is 1.55. The van der Waals surface area contributed by atoms with Gasteiger partial charge in [-0.1, -0.05) is 0 Å². The van der Waals surface area contributed by atoms with Crippen molar-refractivity contribution in [2.45, 2.75) is 6.54 Å². The van der Waals surface area contributed by atoms with Gasteiger partial charge in [0.2, 0.25) is 10.0 Å². The molecule has 0 aromatic carbocycles. The maximum absolute atomic E-state index is 12.6. The molecule has 10 heteroatoms. The number of hydrogen-bond acceptors (Lipinski definition) is 7. The van der Waals surface area contributed by atoms with Gasteiger partial charge in [0.1, 0.15) is 16.4 Å². The van der Waals surface area contributed by atoms with Crippen LogP contribution < -0.4 is 5.56 Å². The highest BCUT2D eigenvalue weighted by Crippen LogP contribution is 2.30. The van der Waals surface area contributed by atoms with Crippen molar-refractivity contribution < 1.29 is 12.8 Å². The van der Waals surface area contributed by atoms with Crippen LogP contribution in [0.3, 0.4) is 0 Å². The molecule has 4 heterocycles. The summed E-state index contributed by atoms with van der Waals surface area (Å²) in [6, 6.07) is 3.60. The average molecular weight is 394 g/mol. The van der Waals surface area contributed by atoms with Gasteiger partial charge in [0, 0.05) is 37.1 Å². The summed E-state index contributed by atoms with van der Waals surface area (Å²) < 4.78 is 30.0. The number of sulfonamides is 1. The number of fused-ring (bicyclic) bond motifs is 1. The standard InChI is InChI=1S/C16H18N4O4S2/c1-26(22,23)20-6-4-19(5-7-20)9-13-17-15(21)14-11(10-25-16(14)18-13)12-3-2-8-24-12/h2-3,8,10H,4-7,9H2,1H3,(H,17,18,21). The van der Waals surface area contributed by atoms with Gasteiger partial charge in [0.05, 0.1) is 24.4 Å². The summed E-state index contributed by atoms with van der Waals surface area (Å²) in [5.41, 5.74) is 0.560. The molecule has 1 aliphatic rings. The van der Waals surface area contributed by atoms with Crippen LogP contribution in [0.2, 0.25) is 0 Å². The Kier molecular flexibility index (Phi) is 4.43. The highest BCUT2D eigenvalue weighted by molar-refractivity contribution is 7.88. The summed E-state index contributed by atoms with van der Waals surface area (Å²) in [7, 11) is -3.15. The second-order valence-electron chi connectivity index (χ2n) is 6.26. The molecule has 0 unspecified atom stereocenters. The second-order valence-corrected chi connectivity index (χ2v) is 9.10. The molecular weight excluding hydrogens is 376 g/mol. The summed E-state index contributed by atoms with van der Waals surface area (Å²) >= 11 is 1.41. The van der Waals surface area contributed by atoms with Gasteiger partial charge in [-0.3, -0.25) is 9.69 Å². The fraction of sp³-hybridized carbons (Fsp3) is 0.375.